The first kappa shape index (κ1) is 13.9. The SMILES string of the molecule is C1=COC(c2ccc3c(c2)ncn3-c2cccc(-n3cccc3)c2)O1. The minimum Gasteiger partial charge on any atom is -0.455 e. The lowest BCUT2D eigenvalue weighted by Crippen LogP contribution is -1.98. The number of fused-ring (bicyclic) bond motifs is 1. The van der Waals surface area contributed by atoms with Crippen molar-refractivity contribution in [3.05, 3.63) is 91.4 Å². The molecule has 0 N–H and O–H groups in total. The van der Waals surface area contributed by atoms with Crippen molar-refractivity contribution in [1.29, 1.82) is 0 Å². The molecule has 5 heteroatoms. The third kappa shape index (κ3) is 2.37. The third-order valence-electron chi connectivity index (χ3n) is 4.31. The zero-order valence-corrected chi connectivity index (χ0v) is 13.3. The maximum Gasteiger partial charge on any atom is 0.266 e. The highest BCUT2D eigenvalue weighted by Crippen LogP contribution is 2.28. The Morgan fingerprint density at radius 1 is 0.840 bits per heavy atom. The van der Waals surface area contributed by atoms with E-state index in [1.165, 1.54) is 0 Å². The van der Waals surface area contributed by atoms with Crippen LogP contribution in [0.5, 0.6) is 0 Å². The van der Waals surface area contributed by atoms with Crippen LogP contribution >= 0.6 is 0 Å². The van der Waals surface area contributed by atoms with Crippen LogP contribution in [0.1, 0.15) is 11.9 Å². The molecule has 122 valence electrons. The Morgan fingerprint density at radius 2 is 1.64 bits per heavy atom. The molecule has 25 heavy (non-hydrogen) atoms. The van der Waals surface area contributed by atoms with E-state index < -0.39 is 0 Å². The van der Waals surface area contributed by atoms with Crippen LogP contribution in [0.4, 0.5) is 0 Å². The van der Waals surface area contributed by atoms with Crippen LogP contribution in [0.2, 0.25) is 0 Å². The van der Waals surface area contributed by atoms with Crippen LogP contribution in [-0.4, -0.2) is 14.1 Å². The van der Waals surface area contributed by atoms with E-state index in [9.17, 15) is 0 Å². The normalized spacial score (nSPS) is 13.9. The summed E-state index contributed by atoms with van der Waals surface area (Å²) >= 11 is 0. The molecule has 5 nitrogen and oxygen atoms in total. The third-order valence-corrected chi connectivity index (χ3v) is 4.31. The Balaban J connectivity index is 1.56. The Labute approximate surface area is 144 Å². The van der Waals surface area contributed by atoms with Crippen molar-refractivity contribution in [1.82, 2.24) is 14.1 Å². The van der Waals surface area contributed by atoms with Crippen LogP contribution in [-0.2, 0) is 9.47 Å². The molecule has 0 radical (unpaired) electrons. The van der Waals surface area contributed by atoms with Gasteiger partial charge < -0.3 is 14.0 Å². The Morgan fingerprint density at radius 3 is 2.48 bits per heavy atom. The first-order valence-electron chi connectivity index (χ1n) is 8.05. The molecule has 2 aromatic heterocycles. The van der Waals surface area contributed by atoms with Gasteiger partial charge in [0.05, 0.1) is 11.0 Å². The van der Waals surface area contributed by atoms with Gasteiger partial charge in [0, 0.05) is 29.3 Å². The van der Waals surface area contributed by atoms with Crippen molar-refractivity contribution >= 4 is 11.0 Å². The Kier molecular flexibility index (Phi) is 3.10. The highest BCUT2D eigenvalue weighted by molar-refractivity contribution is 5.78. The maximum absolute atomic E-state index is 5.40. The molecule has 0 fully saturated rings. The van der Waals surface area contributed by atoms with Gasteiger partial charge in [0.15, 0.2) is 0 Å². The minimum atomic E-state index is -0.383. The van der Waals surface area contributed by atoms with Gasteiger partial charge in [-0.3, -0.25) is 4.57 Å². The van der Waals surface area contributed by atoms with Crippen molar-refractivity contribution in [3.8, 4) is 11.4 Å². The van der Waals surface area contributed by atoms with Gasteiger partial charge in [0.2, 0.25) is 0 Å². The van der Waals surface area contributed by atoms with E-state index >= 15 is 0 Å². The highest BCUT2D eigenvalue weighted by Gasteiger charge is 2.17. The topological polar surface area (TPSA) is 41.2 Å². The lowest BCUT2D eigenvalue weighted by molar-refractivity contribution is -0.0245. The standard InChI is InChI=1S/C20H15N3O2/c1-2-9-22(8-1)16-4-3-5-17(13-16)23-14-21-18-12-15(6-7-19(18)23)20-24-10-11-25-20/h1-14,20H. The molecule has 4 aromatic rings. The second-order valence-corrected chi connectivity index (χ2v) is 5.85. The summed E-state index contributed by atoms with van der Waals surface area (Å²) in [7, 11) is 0. The molecule has 0 atom stereocenters. The van der Waals surface area contributed by atoms with Crippen LogP contribution in [0.15, 0.2) is 85.8 Å². The van der Waals surface area contributed by atoms with Crippen molar-refractivity contribution in [2.45, 2.75) is 6.29 Å². The summed E-state index contributed by atoms with van der Waals surface area (Å²) < 4.78 is 15.0. The molecular weight excluding hydrogens is 314 g/mol. The Bertz CT molecular complexity index is 1060. The van der Waals surface area contributed by atoms with Gasteiger partial charge in [-0.05, 0) is 48.5 Å². The molecule has 2 aromatic carbocycles. The van der Waals surface area contributed by atoms with Crippen LogP contribution in [0.3, 0.4) is 0 Å². The molecule has 0 unspecified atom stereocenters. The van der Waals surface area contributed by atoms with Crippen molar-refractivity contribution in [3.63, 3.8) is 0 Å². The molecule has 1 aliphatic heterocycles. The van der Waals surface area contributed by atoms with Gasteiger partial charge >= 0.3 is 0 Å². The maximum atomic E-state index is 5.40. The fourth-order valence-electron chi connectivity index (χ4n) is 3.09. The molecule has 0 spiro atoms. The molecule has 0 saturated heterocycles. The first-order chi connectivity index (χ1) is 12.4. The van der Waals surface area contributed by atoms with Crippen molar-refractivity contribution < 1.29 is 9.47 Å². The number of aromatic nitrogens is 3. The van der Waals surface area contributed by atoms with Gasteiger partial charge in [-0.25, -0.2) is 4.98 Å². The first-order valence-corrected chi connectivity index (χ1v) is 8.05. The van der Waals surface area contributed by atoms with Crippen LogP contribution < -0.4 is 0 Å². The molecule has 5 rings (SSSR count). The molecule has 0 amide bonds. The monoisotopic (exact) mass is 329 g/mol. The molecular formula is C20H15N3O2. The number of rotatable bonds is 3. The van der Waals surface area contributed by atoms with E-state index in [-0.39, 0.29) is 6.29 Å². The number of hydrogen-bond donors (Lipinski definition) is 0. The predicted octanol–water partition coefficient (Wildman–Crippen LogP) is 4.33. The van der Waals surface area contributed by atoms with E-state index in [1.54, 1.807) is 12.5 Å². The number of ether oxygens (including phenoxy) is 2. The van der Waals surface area contributed by atoms with Crippen LogP contribution in [0, 0.1) is 0 Å². The summed E-state index contributed by atoms with van der Waals surface area (Å²) in [5.74, 6) is 0. The van der Waals surface area contributed by atoms with E-state index in [0.29, 0.717) is 0 Å². The smallest absolute Gasteiger partial charge is 0.266 e. The zero-order chi connectivity index (χ0) is 16.6. The molecule has 3 heterocycles. The van der Waals surface area contributed by atoms with E-state index in [1.807, 2.05) is 49.1 Å². The fraction of sp³-hybridized carbons (Fsp3) is 0.0500. The van der Waals surface area contributed by atoms with Crippen LogP contribution in [0.25, 0.3) is 22.4 Å². The molecule has 0 bridgehead atoms. The minimum absolute atomic E-state index is 0.383. The molecule has 0 aliphatic carbocycles. The number of imidazole rings is 1. The van der Waals surface area contributed by atoms with Crippen molar-refractivity contribution in [2.24, 2.45) is 0 Å². The summed E-state index contributed by atoms with van der Waals surface area (Å²) in [4.78, 5) is 4.54. The van der Waals surface area contributed by atoms with E-state index in [2.05, 4.69) is 38.4 Å². The van der Waals surface area contributed by atoms with Crippen molar-refractivity contribution in [2.75, 3.05) is 0 Å². The number of nitrogens with zero attached hydrogens (tertiary/aromatic N) is 3. The Hall–Kier alpha value is -3.47. The number of hydrogen-bond acceptors (Lipinski definition) is 3. The van der Waals surface area contributed by atoms with Gasteiger partial charge in [-0.1, -0.05) is 6.07 Å². The predicted molar refractivity (Wildman–Crippen MR) is 94.4 cm³/mol. The highest BCUT2D eigenvalue weighted by atomic mass is 16.7. The lowest BCUT2D eigenvalue weighted by atomic mass is 10.2. The second kappa shape index (κ2) is 5.56. The van der Waals surface area contributed by atoms with Gasteiger partial charge in [-0.15, -0.1) is 0 Å². The average molecular weight is 329 g/mol. The second-order valence-electron chi connectivity index (χ2n) is 5.85. The molecule has 1 aliphatic rings. The van der Waals surface area contributed by atoms with E-state index in [4.69, 9.17) is 9.47 Å². The molecule has 0 saturated carbocycles. The van der Waals surface area contributed by atoms with Gasteiger partial charge in [0.25, 0.3) is 6.29 Å². The summed E-state index contributed by atoms with van der Waals surface area (Å²) in [5.41, 5.74) is 5.07. The zero-order valence-electron chi connectivity index (χ0n) is 13.3. The summed E-state index contributed by atoms with van der Waals surface area (Å²) in [6.45, 7) is 0. The van der Waals surface area contributed by atoms with Gasteiger partial charge in [-0.2, -0.15) is 0 Å². The quantitative estimate of drug-likeness (QED) is 0.562. The summed E-state index contributed by atoms with van der Waals surface area (Å²) in [6.07, 6.45) is 8.64. The van der Waals surface area contributed by atoms with E-state index in [0.717, 1.165) is 28.0 Å². The average Bonchev–Trinajstić information content (AvgIpc) is 3.42. The largest absolute Gasteiger partial charge is 0.455 e. The summed E-state index contributed by atoms with van der Waals surface area (Å²) in [6, 6.07) is 18.4. The lowest BCUT2D eigenvalue weighted by Gasteiger charge is -2.11. The fourth-order valence-corrected chi connectivity index (χ4v) is 3.09. The summed E-state index contributed by atoms with van der Waals surface area (Å²) in [5, 5.41) is 0. The number of benzene rings is 2. The van der Waals surface area contributed by atoms with Gasteiger partial charge in [0.1, 0.15) is 18.9 Å².